The fourth-order valence-electron chi connectivity index (χ4n) is 7.50. The number of benzene rings is 4. The van der Waals surface area contributed by atoms with Gasteiger partial charge in [-0.3, -0.25) is 14.1 Å². The van der Waals surface area contributed by atoms with Crippen molar-refractivity contribution in [2.24, 2.45) is 10.8 Å². The van der Waals surface area contributed by atoms with E-state index in [1.807, 2.05) is 93.3 Å². The van der Waals surface area contributed by atoms with Gasteiger partial charge in [-0.2, -0.15) is 18.2 Å². The van der Waals surface area contributed by atoms with Crippen molar-refractivity contribution in [1.29, 1.82) is 0 Å². The summed E-state index contributed by atoms with van der Waals surface area (Å²) in [6, 6.07) is 36.8. The molecule has 0 radical (unpaired) electrons. The van der Waals surface area contributed by atoms with Gasteiger partial charge >= 0.3 is 0 Å². The second-order valence-corrected chi connectivity index (χ2v) is 19.7. The van der Waals surface area contributed by atoms with Crippen molar-refractivity contribution in [3.8, 4) is 28.8 Å². The number of pyridine rings is 2. The molecule has 4 aromatic heterocycles. The van der Waals surface area contributed by atoms with Gasteiger partial charge in [0, 0.05) is 44.0 Å². The normalized spacial score (nSPS) is 14.1. The van der Waals surface area contributed by atoms with Gasteiger partial charge in [0.15, 0.2) is 0 Å². The molecule has 0 aliphatic rings. The molecule has 6 nitrogen and oxygen atoms in total. The predicted octanol–water partition coefficient (Wildman–Crippen LogP) is 12.8. The van der Waals surface area contributed by atoms with Crippen LogP contribution in [0.25, 0.3) is 50.2 Å². The molecule has 7 heteroatoms. The summed E-state index contributed by atoms with van der Waals surface area (Å²) in [5, 5.41) is 2.13. The zero-order chi connectivity index (χ0) is 45.7. The van der Waals surface area contributed by atoms with Crippen molar-refractivity contribution in [1.82, 2.24) is 19.1 Å². The molecule has 0 saturated heterocycles. The van der Waals surface area contributed by atoms with Gasteiger partial charge in [-0.05, 0) is 93.1 Å². The van der Waals surface area contributed by atoms with E-state index in [0.717, 1.165) is 44.2 Å². The molecule has 0 N–H and O–H groups in total. The molecule has 8 aromatic rings. The molecule has 4 aromatic carbocycles. The van der Waals surface area contributed by atoms with Crippen molar-refractivity contribution in [3.05, 3.63) is 144 Å². The molecule has 0 atom stereocenters. The molecule has 312 valence electrons. The van der Waals surface area contributed by atoms with Crippen LogP contribution >= 0.6 is 0 Å². The Morgan fingerprint density at radius 2 is 1.27 bits per heavy atom. The second-order valence-electron chi connectivity index (χ2n) is 19.7. The number of imidazole rings is 1. The average Bonchev–Trinajstić information content (AvgIpc) is 3.75. The molecule has 0 saturated carbocycles. The quantitative estimate of drug-likeness (QED) is 0.118. The Hall–Kier alpha value is -5.06. The van der Waals surface area contributed by atoms with Crippen molar-refractivity contribution in [2.75, 3.05) is 0 Å². The molecule has 0 aliphatic heterocycles. The Labute approximate surface area is 376 Å². The van der Waals surface area contributed by atoms with E-state index in [1.165, 1.54) is 5.56 Å². The van der Waals surface area contributed by atoms with E-state index in [1.54, 1.807) is 18.3 Å². The topological polar surface area (TPSA) is 48.8 Å². The van der Waals surface area contributed by atoms with Gasteiger partial charge in [0.05, 0.1) is 22.5 Å². The average molecular weight is 979 g/mol. The van der Waals surface area contributed by atoms with Crippen LogP contribution in [0.2, 0.25) is 0 Å². The van der Waals surface area contributed by atoms with Gasteiger partial charge in [0.1, 0.15) is 5.82 Å². The van der Waals surface area contributed by atoms with Crippen LogP contribution in [-0.4, -0.2) is 19.1 Å². The van der Waals surface area contributed by atoms with E-state index in [9.17, 15) is 5.48 Å². The zero-order valence-corrected chi connectivity index (χ0v) is 39.0. The van der Waals surface area contributed by atoms with Gasteiger partial charge < -0.3 is 9.30 Å². The van der Waals surface area contributed by atoms with Crippen LogP contribution in [0.5, 0.6) is 11.5 Å². The van der Waals surface area contributed by atoms with Crippen LogP contribution in [0.4, 0.5) is 0 Å². The van der Waals surface area contributed by atoms with Gasteiger partial charge in [-0.25, -0.2) is 4.98 Å². The fourth-order valence-corrected chi connectivity index (χ4v) is 7.50. The summed E-state index contributed by atoms with van der Waals surface area (Å²) >= 11 is 0. The van der Waals surface area contributed by atoms with Crippen molar-refractivity contribution in [3.63, 3.8) is 0 Å². The summed E-state index contributed by atoms with van der Waals surface area (Å²) in [6.07, 6.45) is 3.50. The molecule has 0 fully saturated rings. The zero-order valence-electron chi connectivity index (χ0n) is 40.8. The first-order valence-corrected chi connectivity index (χ1v) is 20.4. The number of nitrogens with zero attached hydrogens (tertiary/aromatic N) is 5. The Morgan fingerprint density at radius 1 is 0.633 bits per heavy atom. The first-order valence-electron chi connectivity index (χ1n) is 22.4. The van der Waals surface area contributed by atoms with E-state index in [-0.39, 0.29) is 31.9 Å². The molecule has 0 unspecified atom stereocenters. The van der Waals surface area contributed by atoms with Crippen LogP contribution in [0, 0.1) is 29.3 Å². The number of aromatic nitrogens is 5. The predicted molar refractivity (Wildman–Crippen MR) is 241 cm³/mol. The smallest absolute Gasteiger partial charge is 0.269 e. The van der Waals surface area contributed by atoms with E-state index in [4.69, 9.17) is 14.7 Å². The van der Waals surface area contributed by atoms with Crippen molar-refractivity contribution >= 4 is 32.8 Å². The molecule has 0 bridgehead atoms. The molecule has 60 heavy (non-hydrogen) atoms. The third kappa shape index (κ3) is 9.00. The van der Waals surface area contributed by atoms with Crippen molar-refractivity contribution in [2.45, 2.75) is 107 Å². The Balaban J connectivity index is 0.00000612. The van der Waals surface area contributed by atoms with E-state index >= 15 is 0 Å². The Kier molecular flexibility index (Phi) is 9.96. The van der Waals surface area contributed by atoms with Crippen LogP contribution in [0.1, 0.15) is 111 Å². The maximum absolute atomic E-state index is 9.31. The first-order chi connectivity index (χ1) is 29.3. The minimum atomic E-state index is -1.79. The standard InChI is InChI=1S/C53H57N5O.Pt/c1-50(2,3)32-35-25-36(33-51(4,5)6)27-39(26-35)56-34-57(45-20-17-37(28-47(45)56)52(7,8)9)48-31-41(22-24-54-48)59-40-18-19-43-42-15-13-14-16-44(42)58(46(43)30-40)49-29-38(21-23-55-49)53(10,11)12;/h13-29H,32-33H2,1-12H3;/q-2;/i32D2,33D2;. The molecule has 0 aliphatic carbocycles. The molecule has 0 spiro atoms. The summed E-state index contributed by atoms with van der Waals surface area (Å²) in [6.45, 7) is 24.3. The second kappa shape index (κ2) is 15.8. The van der Waals surface area contributed by atoms with Gasteiger partial charge in [0.2, 0.25) is 0 Å². The number of ether oxygens (including phenoxy) is 1. The van der Waals surface area contributed by atoms with Crippen LogP contribution in [-0.2, 0) is 44.6 Å². The third-order valence-electron chi connectivity index (χ3n) is 10.2. The minimum absolute atomic E-state index is 0. The first kappa shape index (κ1) is 37.9. The number of hydrogen-bond donors (Lipinski definition) is 0. The third-order valence-corrected chi connectivity index (χ3v) is 10.2. The SMILES string of the molecule is [2H]C([2H])(c1cc(-[n+]2[c-]n(-c3[c-]c(Oc4[c-]c5c(cc4)c4ccccc4n5-c4cc(C(C)(C)C)ccn4)ccn3)c3ccc(C(C)(C)C)cc32)cc(C([2H])([2H])C(C)(C)C)c1)C(C)(C)C.[Pt]. The summed E-state index contributed by atoms with van der Waals surface area (Å²) in [7, 11) is 0. The largest absolute Gasteiger partial charge is 0.522 e. The van der Waals surface area contributed by atoms with E-state index in [0.29, 0.717) is 34.1 Å². The number of para-hydroxylation sites is 1. The number of rotatable bonds is 7. The summed E-state index contributed by atoms with van der Waals surface area (Å²) in [4.78, 5) is 9.58. The van der Waals surface area contributed by atoms with Gasteiger partial charge in [0.25, 0.3) is 6.33 Å². The fraction of sp³-hybridized carbons (Fsp3) is 0.340. The van der Waals surface area contributed by atoms with Crippen LogP contribution < -0.4 is 9.30 Å². The summed E-state index contributed by atoms with van der Waals surface area (Å²) < 4.78 is 49.7. The van der Waals surface area contributed by atoms with Crippen molar-refractivity contribution < 1.29 is 35.9 Å². The number of fused-ring (bicyclic) bond motifs is 4. The molecule has 8 rings (SSSR count). The molecule has 0 amide bonds. The summed E-state index contributed by atoms with van der Waals surface area (Å²) in [5.41, 5.74) is 5.34. The van der Waals surface area contributed by atoms with E-state index in [2.05, 4.69) is 107 Å². The molecular formula is C53H57N5OPt-2. The number of hydrogen-bond acceptors (Lipinski definition) is 3. The Bertz CT molecular complexity index is 3000. The van der Waals surface area contributed by atoms with Gasteiger partial charge in [-0.1, -0.05) is 142 Å². The van der Waals surface area contributed by atoms with E-state index < -0.39 is 23.6 Å². The Morgan fingerprint density at radius 3 is 1.93 bits per heavy atom. The van der Waals surface area contributed by atoms with Crippen LogP contribution in [0.15, 0.2) is 103 Å². The monoisotopic (exact) mass is 978 g/mol. The van der Waals surface area contributed by atoms with Crippen LogP contribution in [0.3, 0.4) is 0 Å². The maximum Gasteiger partial charge on any atom is 0.269 e. The van der Waals surface area contributed by atoms with Gasteiger partial charge in [-0.15, -0.1) is 17.5 Å². The maximum atomic E-state index is 9.31. The minimum Gasteiger partial charge on any atom is -0.522 e. The molecule has 4 heterocycles. The molecular weight excluding hydrogens is 918 g/mol. The summed E-state index contributed by atoms with van der Waals surface area (Å²) in [5.74, 6) is 2.17.